The molecule has 0 bridgehead atoms. The van der Waals surface area contributed by atoms with Gasteiger partial charge in [0.1, 0.15) is 12.0 Å². The molecule has 3 heterocycles. The molecule has 0 spiro atoms. The third-order valence-corrected chi connectivity index (χ3v) is 4.68. The molecule has 1 aromatic carbocycles. The molecule has 144 valence electrons. The first-order valence-corrected chi connectivity index (χ1v) is 8.94. The summed E-state index contributed by atoms with van der Waals surface area (Å²) in [6.45, 7) is 1.97. The van der Waals surface area contributed by atoms with E-state index in [0.29, 0.717) is 22.8 Å². The Morgan fingerprint density at radius 2 is 1.93 bits per heavy atom. The largest absolute Gasteiger partial charge is 0.416 e. The van der Waals surface area contributed by atoms with Crippen LogP contribution in [0.2, 0.25) is 5.02 Å². The summed E-state index contributed by atoms with van der Waals surface area (Å²) < 4.78 is 40.6. The first-order chi connectivity index (χ1) is 13.4. The van der Waals surface area contributed by atoms with E-state index in [2.05, 4.69) is 15.0 Å². The third-order valence-electron chi connectivity index (χ3n) is 4.48. The van der Waals surface area contributed by atoms with Crippen molar-refractivity contribution in [1.82, 2.24) is 14.5 Å². The molecule has 0 saturated heterocycles. The van der Waals surface area contributed by atoms with Crippen LogP contribution in [-0.2, 0) is 12.6 Å². The van der Waals surface area contributed by atoms with Gasteiger partial charge in [-0.1, -0.05) is 18.5 Å². The van der Waals surface area contributed by atoms with Crippen molar-refractivity contribution in [1.29, 1.82) is 0 Å². The molecule has 4 rings (SSSR count). The smallest absolute Gasteiger partial charge is 0.320 e. The Morgan fingerprint density at radius 1 is 1.18 bits per heavy atom. The van der Waals surface area contributed by atoms with Gasteiger partial charge in [0.05, 0.1) is 16.1 Å². The molecule has 0 N–H and O–H groups in total. The van der Waals surface area contributed by atoms with E-state index in [-0.39, 0.29) is 0 Å². The van der Waals surface area contributed by atoms with E-state index in [1.807, 2.05) is 16.4 Å². The van der Waals surface area contributed by atoms with Crippen molar-refractivity contribution >= 4 is 34.7 Å². The molecule has 1 aliphatic heterocycles. The van der Waals surface area contributed by atoms with Crippen molar-refractivity contribution in [3.05, 3.63) is 65.3 Å². The van der Waals surface area contributed by atoms with E-state index < -0.39 is 17.9 Å². The average molecular weight is 406 g/mol. The highest BCUT2D eigenvalue weighted by Gasteiger charge is 2.31. The van der Waals surface area contributed by atoms with E-state index >= 15 is 0 Å². The normalized spacial score (nSPS) is 16.9. The number of aromatic nitrogens is 3. The fourth-order valence-electron chi connectivity index (χ4n) is 3.19. The molecule has 1 atom stereocenters. The van der Waals surface area contributed by atoms with Crippen LogP contribution in [0, 0.1) is 0 Å². The highest BCUT2D eigenvalue weighted by molar-refractivity contribution is 6.31. The van der Waals surface area contributed by atoms with Crippen LogP contribution < -0.4 is 4.90 Å². The van der Waals surface area contributed by atoms with Gasteiger partial charge >= 0.3 is 6.18 Å². The molecule has 0 saturated carbocycles. The number of fused-ring (bicyclic) bond motifs is 1. The predicted molar refractivity (Wildman–Crippen MR) is 103 cm³/mol. The van der Waals surface area contributed by atoms with Crippen LogP contribution in [0.1, 0.15) is 24.5 Å². The SMILES string of the molecule is CCc1nc2ncc(Cl)cc2n1C1C=NC=CN1c1ccc(C(F)(F)F)cc1. The van der Waals surface area contributed by atoms with E-state index in [1.54, 1.807) is 24.7 Å². The quantitative estimate of drug-likeness (QED) is 0.599. The minimum absolute atomic E-state index is 0.415. The molecular weight excluding hydrogens is 391 g/mol. The number of aliphatic imine (C=N–C) groups is 1. The summed E-state index contributed by atoms with van der Waals surface area (Å²) in [7, 11) is 0. The van der Waals surface area contributed by atoms with E-state index in [1.165, 1.54) is 18.3 Å². The predicted octanol–water partition coefficient (Wildman–Crippen LogP) is 5.23. The fraction of sp³-hybridized carbons (Fsp3) is 0.211. The van der Waals surface area contributed by atoms with Crippen LogP contribution in [0.15, 0.2) is 53.9 Å². The summed E-state index contributed by atoms with van der Waals surface area (Å²) in [5.41, 5.74) is 1.18. The lowest BCUT2D eigenvalue weighted by molar-refractivity contribution is -0.137. The Balaban J connectivity index is 1.81. The van der Waals surface area contributed by atoms with Crippen LogP contribution >= 0.6 is 11.6 Å². The zero-order valence-corrected chi connectivity index (χ0v) is 15.5. The van der Waals surface area contributed by atoms with Crippen molar-refractivity contribution in [2.24, 2.45) is 4.99 Å². The summed E-state index contributed by atoms with van der Waals surface area (Å²) in [4.78, 5) is 14.9. The Bertz CT molecular complexity index is 1070. The molecule has 0 radical (unpaired) electrons. The molecule has 0 fully saturated rings. The first-order valence-electron chi connectivity index (χ1n) is 8.56. The number of halogens is 4. The minimum Gasteiger partial charge on any atom is -0.320 e. The van der Waals surface area contributed by atoms with Crippen molar-refractivity contribution in [2.75, 3.05) is 4.90 Å². The number of alkyl halides is 3. The Morgan fingerprint density at radius 3 is 2.61 bits per heavy atom. The number of hydrogen-bond acceptors (Lipinski definition) is 4. The molecule has 1 aliphatic rings. The molecular formula is C19H15ClF3N5. The van der Waals surface area contributed by atoms with Crippen LogP contribution in [0.3, 0.4) is 0 Å². The number of nitrogens with zero attached hydrogens (tertiary/aromatic N) is 5. The Labute approximate surface area is 163 Å². The number of hydrogen-bond donors (Lipinski definition) is 0. The fourth-order valence-corrected chi connectivity index (χ4v) is 3.35. The summed E-state index contributed by atoms with van der Waals surface area (Å²) in [6.07, 6.45) is 2.39. The number of aryl methyl sites for hydroxylation is 1. The molecule has 0 aliphatic carbocycles. The van der Waals surface area contributed by atoms with Gasteiger partial charge in [-0.15, -0.1) is 0 Å². The van der Waals surface area contributed by atoms with Crippen molar-refractivity contribution in [2.45, 2.75) is 25.7 Å². The molecule has 9 heteroatoms. The number of pyridine rings is 1. The number of anilines is 1. The van der Waals surface area contributed by atoms with Gasteiger partial charge in [-0.2, -0.15) is 13.2 Å². The standard InChI is InChI=1S/C19H15ClF3N5/c1-2-16-26-18-15(9-13(20)10-25-18)28(16)17-11-24-7-8-27(17)14-5-3-12(4-6-14)19(21,22)23/h3-11,17H,2H2,1H3. The summed E-state index contributed by atoms with van der Waals surface area (Å²) >= 11 is 6.12. The highest BCUT2D eigenvalue weighted by atomic mass is 35.5. The van der Waals surface area contributed by atoms with Gasteiger partial charge in [0.25, 0.3) is 0 Å². The Kier molecular flexibility index (Phi) is 4.58. The summed E-state index contributed by atoms with van der Waals surface area (Å²) in [6, 6.07) is 6.78. The van der Waals surface area contributed by atoms with Crippen molar-refractivity contribution in [3.8, 4) is 0 Å². The van der Waals surface area contributed by atoms with Crippen molar-refractivity contribution < 1.29 is 13.2 Å². The summed E-state index contributed by atoms with van der Waals surface area (Å²) in [5, 5.41) is 0.473. The van der Waals surface area contributed by atoms with Gasteiger partial charge in [0, 0.05) is 36.9 Å². The second-order valence-corrected chi connectivity index (χ2v) is 6.65. The maximum Gasteiger partial charge on any atom is 0.416 e. The number of imidazole rings is 1. The van der Waals surface area contributed by atoms with Gasteiger partial charge in [-0.25, -0.2) is 9.97 Å². The van der Waals surface area contributed by atoms with Gasteiger partial charge in [0.15, 0.2) is 5.65 Å². The van der Waals surface area contributed by atoms with Gasteiger partial charge in [0.2, 0.25) is 0 Å². The molecule has 1 unspecified atom stereocenters. The van der Waals surface area contributed by atoms with Gasteiger partial charge < -0.3 is 4.90 Å². The van der Waals surface area contributed by atoms with E-state index in [0.717, 1.165) is 23.5 Å². The second kappa shape index (κ2) is 6.94. The van der Waals surface area contributed by atoms with Crippen LogP contribution in [0.4, 0.5) is 18.9 Å². The van der Waals surface area contributed by atoms with E-state index in [4.69, 9.17) is 11.6 Å². The summed E-state index contributed by atoms with van der Waals surface area (Å²) in [5.74, 6) is 0.772. The Hall–Kier alpha value is -2.87. The minimum atomic E-state index is -4.38. The van der Waals surface area contributed by atoms with Crippen LogP contribution in [-0.4, -0.2) is 20.7 Å². The lowest BCUT2D eigenvalue weighted by Crippen LogP contribution is -2.32. The molecule has 28 heavy (non-hydrogen) atoms. The van der Waals surface area contributed by atoms with E-state index in [9.17, 15) is 13.2 Å². The van der Waals surface area contributed by atoms with Crippen LogP contribution in [0.25, 0.3) is 11.2 Å². The number of benzene rings is 1. The molecule has 0 amide bonds. The van der Waals surface area contributed by atoms with Gasteiger partial charge in [-0.05, 0) is 30.3 Å². The third kappa shape index (κ3) is 3.24. The highest BCUT2D eigenvalue weighted by Crippen LogP contribution is 2.33. The topological polar surface area (TPSA) is 46.3 Å². The lowest BCUT2D eigenvalue weighted by Gasteiger charge is -2.32. The average Bonchev–Trinajstić information content (AvgIpc) is 3.05. The maximum absolute atomic E-state index is 12.9. The monoisotopic (exact) mass is 405 g/mol. The molecule has 2 aromatic heterocycles. The first kappa shape index (κ1) is 18.5. The maximum atomic E-state index is 12.9. The second-order valence-electron chi connectivity index (χ2n) is 6.21. The van der Waals surface area contributed by atoms with Crippen molar-refractivity contribution in [3.63, 3.8) is 0 Å². The molecule has 5 nitrogen and oxygen atoms in total. The van der Waals surface area contributed by atoms with Gasteiger partial charge in [-0.3, -0.25) is 9.56 Å². The van der Waals surface area contributed by atoms with Crippen LogP contribution in [0.5, 0.6) is 0 Å². The zero-order chi connectivity index (χ0) is 19.9. The number of rotatable bonds is 3. The lowest BCUT2D eigenvalue weighted by atomic mass is 10.2. The molecule has 3 aromatic rings. The zero-order valence-electron chi connectivity index (χ0n) is 14.7.